The summed E-state index contributed by atoms with van der Waals surface area (Å²) in [5.41, 5.74) is 0.827. The third-order valence-electron chi connectivity index (χ3n) is 1.32. The summed E-state index contributed by atoms with van der Waals surface area (Å²) in [4.78, 5) is 1.06. The first kappa shape index (κ1) is 8.52. The van der Waals surface area contributed by atoms with Gasteiger partial charge in [0.25, 0.3) is 0 Å². The van der Waals surface area contributed by atoms with E-state index in [4.69, 9.17) is 18.0 Å². The Morgan fingerprint density at radius 2 is 2.27 bits per heavy atom. The quantitative estimate of drug-likeness (QED) is 0.475. The molecule has 1 aromatic rings. The minimum absolute atomic E-state index is 0.730. The van der Waals surface area contributed by atoms with E-state index in [1.165, 1.54) is 0 Å². The molecule has 0 saturated carbocycles. The molecule has 2 heteroatoms. The largest absolute Gasteiger partial charge is 0.128 e. The van der Waals surface area contributed by atoms with Crippen molar-refractivity contribution < 1.29 is 0 Å². The van der Waals surface area contributed by atoms with Gasteiger partial charge in [-0.3, -0.25) is 0 Å². The van der Waals surface area contributed by atoms with Crippen molar-refractivity contribution in [1.82, 2.24) is 0 Å². The molecule has 0 unspecified atom stereocenters. The van der Waals surface area contributed by atoms with E-state index in [-0.39, 0.29) is 0 Å². The van der Waals surface area contributed by atoms with Crippen molar-refractivity contribution in [1.29, 1.82) is 0 Å². The molecule has 0 atom stereocenters. The zero-order valence-electron chi connectivity index (χ0n) is 6.10. The van der Waals surface area contributed by atoms with Gasteiger partial charge in [-0.25, -0.2) is 0 Å². The van der Waals surface area contributed by atoms with Crippen LogP contribution in [0, 0.1) is 12.3 Å². The van der Waals surface area contributed by atoms with Crippen LogP contribution in [0.5, 0.6) is 0 Å². The van der Waals surface area contributed by atoms with Gasteiger partial charge in [-0.15, -0.1) is 18.2 Å². The Bertz CT molecular complexity index is 299. The normalized spacial score (nSPS) is 9.18. The molecule has 0 aromatic heterocycles. The summed E-state index contributed by atoms with van der Waals surface area (Å²) in [7, 11) is 0. The van der Waals surface area contributed by atoms with Crippen molar-refractivity contribution in [2.24, 2.45) is 0 Å². The lowest BCUT2D eigenvalue weighted by atomic mass is 10.2. The SMILES string of the molecule is C#Cc1ccc(SC)c(Cl)c1. The van der Waals surface area contributed by atoms with E-state index < -0.39 is 0 Å². The van der Waals surface area contributed by atoms with Crippen LogP contribution in [0.2, 0.25) is 5.02 Å². The van der Waals surface area contributed by atoms with Crippen LogP contribution in [-0.4, -0.2) is 6.26 Å². The van der Waals surface area contributed by atoms with E-state index in [2.05, 4.69) is 5.92 Å². The van der Waals surface area contributed by atoms with E-state index in [0.717, 1.165) is 15.5 Å². The van der Waals surface area contributed by atoms with Crippen molar-refractivity contribution in [3.05, 3.63) is 28.8 Å². The molecule has 0 bridgehead atoms. The highest BCUT2D eigenvalue weighted by atomic mass is 35.5. The summed E-state index contributed by atoms with van der Waals surface area (Å²) in [5, 5.41) is 0.730. The second-order valence-corrected chi connectivity index (χ2v) is 3.25. The van der Waals surface area contributed by atoms with Crippen molar-refractivity contribution in [2.75, 3.05) is 6.26 Å². The van der Waals surface area contributed by atoms with Crippen molar-refractivity contribution in [2.45, 2.75) is 4.90 Å². The van der Waals surface area contributed by atoms with Gasteiger partial charge < -0.3 is 0 Å². The standard InChI is InChI=1S/C9H7ClS/c1-3-7-4-5-9(11-2)8(10)6-7/h1,4-6H,2H3. The van der Waals surface area contributed by atoms with Crippen molar-refractivity contribution in [3.8, 4) is 12.3 Å². The molecule has 0 fully saturated rings. The number of rotatable bonds is 1. The van der Waals surface area contributed by atoms with Gasteiger partial charge >= 0.3 is 0 Å². The maximum Gasteiger partial charge on any atom is 0.0554 e. The second kappa shape index (κ2) is 3.71. The fourth-order valence-corrected chi connectivity index (χ4v) is 1.63. The number of hydrogen-bond acceptors (Lipinski definition) is 1. The highest BCUT2D eigenvalue weighted by Crippen LogP contribution is 2.25. The average Bonchev–Trinajstić information content (AvgIpc) is 2.04. The summed E-state index contributed by atoms with van der Waals surface area (Å²) < 4.78 is 0. The average molecular weight is 183 g/mol. The third-order valence-corrected chi connectivity index (χ3v) is 2.54. The Labute approximate surface area is 76.0 Å². The molecule has 0 spiro atoms. The Balaban J connectivity index is 3.12. The Morgan fingerprint density at radius 3 is 2.73 bits per heavy atom. The van der Waals surface area contributed by atoms with Crippen molar-refractivity contribution in [3.63, 3.8) is 0 Å². The Hall–Kier alpha value is -0.580. The van der Waals surface area contributed by atoms with Crippen LogP contribution in [0.1, 0.15) is 5.56 Å². The molecule has 0 N–H and O–H groups in total. The molecule has 0 aliphatic heterocycles. The topological polar surface area (TPSA) is 0 Å². The summed E-state index contributed by atoms with van der Waals surface area (Å²) in [6.45, 7) is 0. The highest BCUT2D eigenvalue weighted by Gasteiger charge is 1.97. The molecule has 56 valence electrons. The van der Waals surface area contributed by atoms with Gasteiger partial charge in [-0.05, 0) is 24.5 Å². The maximum atomic E-state index is 5.89. The number of hydrogen-bond donors (Lipinski definition) is 0. The van der Waals surface area contributed by atoms with Gasteiger partial charge in [-0.2, -0.15) is 0 Å². The first-order valence-electron chi connectivity index (χ1n) is 3.08. The first-order chi connectivity index (χ1) is 5.27. The predicted octanol–water partition coefficient (Wildman–Crippen LogP) is 3.04. The molecule has 1 aromatic carbocycles. The minimum Gasteiger partial charge on any atom is -0.128 e. The molecule has 0 amide bonds. The summed E-state index contributed by atoms with van der Waals surface area (Å²) in [6.07, 6.45) is 7.18. The Kier molecular flexibility index (Phi) is 2.87. The first-order valence-corrected chi connectivity index (χ1v) is 4.68. The van der Waals surface area contributed by atoms with E-state index >= 15 is 0 Å². The van der Waals surface area contributed by atoms with Crippen LogP contribution >= 0.6 is 23.4 Å². The summed E-state index contributed by atoms with van der Waals surface area (Å²) >= 11 is 7.51. The second-order valence-electron chi connectivity index (χ2n) is 1.99. The molecule has 0 heterocycles. The predicted molar refractivity (Wildman–Crippen MR) is 51.2 cm³/mol. The zero-order valence-corrected chi connectivity index (χ0v) is 7.67. The van der Waals surface area contributed by atoms with E-state index in [1.54, 1.807) is 17.8 Å². The van der Waals surface area contributed by atoms with Crippen LogP contribution in [-0.2, 0) is 0 Å². The fourth-order valence-electron chi connectivity index (χ4n) is 0.756. The van der Waals surface area contributed by atoms with Crippen LogP contribution in [0.15, 0.2) is 23.1 Å². The van der Waals surface area contributed by atoms with Gasteiger partial charge in [0, 0.05) is 10.5 Å². The van der Waals surface area contributed by atoms with Crippen LogP contribution in [0.3, 0.4) is 0 Å². The van der Waals surface area contributed by atoms with Crippen molar-refractivity contribution >= 4 is 23.4 Å². The van der Waals surface area contributed by atoms with E-state index in [9.17, 15) is 0 Å². The van der Waals surface area contributed by atoms with Crippen LogP contribution in [0.4, 0.5) is 0 Å². The molecule has 0 nitrogen and oxygen atoms in total. The van der Waals surface area contributed by atoms with Crippen LogP contribution < -0.4 is 0 Å². The lowest BCUT2D eigenvalue weighted by Crippen LogP contribution is -1.76. The highest BCUT2D eigenvalue weighted by molar-refractivity contribution is 7.98. The molecule has 0 aliphatic rings. The van der Waals surface area contributed by atoms with Gasteiger partial charge in [-0.1, -0.05) is 17.5 Å². The molecule has 0 aliphatic carbocycles. The maximum absolute atomic E-state index is 5.89. The minimum atomic E-state index is 0.730. The van der Waals surface area contributed by atoms with E-state index in [0.29, 0.717) is 0 Å². The number of halogens is 1. The summed E-state index contributed by atoms with van der Waals surface area (Å²) in [5.74, 6) is 2.53. The lowest BCUT2D eigenvalue weighted by Gasteiger charge is -1.99. The fraction of sp³-hybridized carbons (Fsp3) is 0.111. The monoisotopic (exact) mass is 182 g/mol. The smallest absolute Gasteiger partial charge is 0.0554 e. The zero-order chi connectivity index (χ0) is 8.27. The molecule has 0 radical (unpaired) electrons. The number of benzene rings is 1. The van der Waals surface area contributed by atoms with E-state index in [1.807, 2.05) is 18.4 Å². The van der Waals surface area contributed by atoms with Crippen LogP contribution in [0.25, 0.3) is 0 Å². The van der Waals surface area contributed by atoms with Gasteiger partial charge in [0.05, 0.1) is 5.02 Å². The molecule has 11 heavy (non-hydrogen) atoms. The summed E-state index contributed by atoms with van der Waals surface area (Å²) in [6, 6.07) is 5.62. The lowest BCUT2D eigenvalue weighted by molar-refractivity contribution is 1.45. The molecular weight excluding hydrogens is 176 g/mol. The molecule has 1 rings (SSSR count). The third kappa shape index (κ3) is 1.92. The number of terminal acetylenes is 1. The Morgan fingerprint density at radius 1 is 1.55 bits per heavy atom. The van der Waals surface area contributed by atoms with Gasteiger partial charge in [0.1, 0.15) is 0 Å². The molecule has 0 saturated heterocycles. The van der Waals surface area contributed by atoms with Gasteiger partial charge in [0.15, 0.2) is 0 Å². The molecular formula is C9H7ClS. The number of thioether (sulfide) groups is 1. The van der Waals surface area contributed by atoms with Gasteiger partial charge in [0.2, 0.25) is 0 Å².